The highest BCUT2D eigenvalue weighted by atomic mass is 16.3. The zero-order valence-corrected chi connectivity index (χ0v) is 16.9. The number of aliphatic hydroxyl groups excluding tert-OH is 1. The molecule has 0 aliphatic heterocycles. The summed E-state index contributed by atoms with van der Waals surface area (Å²) in [6.07, 6.45) is 7.64. The number of benzene rings is 1. The van der Waals surface area contributed by atoms with E-state index in [0.717, 1.165) is 35.1 Å². The molecule has 1 aromatic carbocycles. The topological polar surface area (TPSA) is 111 Å². The van der Waals surface area contributed by atoms with Crippen molar-refractivity contribution in [2.45, 2.75) is 44.8 Å². The van der Waals surface area contributed by atoms with Crippen LogP contribution in [0.1, 0.15) is 37.3 Å². The molecule has 9 nitrogen and oxygen atoms in total. The van der Waals surface area contributed by atoms with Gasteiger partial charge >= 0.3 is 5.69 Å². The van der Waals surface area contributed by atoms with E-state index in [4.69, 9.17) is 0 Å². The molecule has 0 spiro atoms. The van der Waals surface area contributed by atoms with Gasteiger partial charge < -0.3 is 10.4 Å². The second-order valence-electron chi connectivity index (χ2n) is 7.91. The van der Waals surface area contributed by atoms with Crippen molar-refractivity contribution in [3.8, 4) is 0 Å². The Balaban J connectivity index is 1.56. The SMILES string of the molecule is Cc1cc2nccnc2cc1Nc1ncc2c(n1)n([C@H]1CC[C@@H](O)CC1)c(=O)n2C. The van der Waals surface area contributed by atoms with Gasteiger partial charge in [0.05, 0.1) is 23.3 Å². The van der Waals surface area contributed by atoms with Gasteiger partial charge in [0.1, 0.15) is 5.52 Å². The molecule has 5 rings (SSSR count). The molecule has 1 aliphatic rings. The Hall–Kier alpha value is -3.33. The Bertz CT molecular complexity index is 1300. The molecule has 1 fully saturated rings. The van der Waals surface area contributed by atoms with Crippen molar-refractivity contribution in [1.29, 1.82) is 0 Å². The minimum atomic E-state index is -0.280. The summed E-state index contributed by atoms with van der Waals surface area (Å²) in [7, 11) is 1.74. The van der Waals surface area contributed by atoms with E-state index in [9.17, 15) is 9.90 Å². The first-order valence-corrected chi connectivity index (χ1v) is 10.1. The third-order valence-electron chi connectivity index (χ3n) is 5.93. The summed E-state index contributed by atoms with van der Waals surface area (Å²) in [6.45, 7) is 1.99. The van der Waals surface area contributed by atoms with Crippen molar-refractivity contribution < 1.29 is 5.11 Å². The number of rotatable bonds is 3. The number of imidazole rings is 1. The number of fused-ring (bicyclic) bond motifs is 2. The van der Waals surface area contributed by atoms with Crippen LogP contribution in [-0.4, -0.2) is 40.3 Å². The molecule has 154 valence electrons. The first kappa shape index (κ1) is 18.7. The van der Waals surface area contributed by atoms with E-state index in [0.29, 0.717) is 30.0 Å². The molecule has 1 aliphatic carbocycles. The molecule has 0 saturated heterocycles. The van der Waals surface area contributed by atoms with Crippen LogP contribution in [0.5, 0.6) is 0 Å². The van der Waals surface area contributed by atoms with Gasteiger partial charge in [-0.3, -0.25) is 19.1 Å². The summed E-state index contributed by atoms with van der Waals surface area (Å²) in [5, 5.41) is 13.1. The van der Waals surface area contributed by atoms with Crippen molar-refractivity contribution in [1.82, 2.24) is 29.1 Å². The minimum absolute atomic E-state index is 0.0324. The third-order valence-corrected chi connectivity index (χ3v) is 5.93. The fraction of sp³-hybridized carbons (Fsp3) is 0.381. The Morgan fingerprint density at radius 2 is 1.77 bits per heavy atom. The van der Waals surface area contributed by atoms with Crippen LogP contribution in [0.4, 0.5) is 11.6 Å². The van der Waals surface area contributed by atoms with Crippen LogP contribution in [0.2, 0.25) is 0 Å². The van der Waals surface area contributed by atoms with Crippen LogP contribution in [0.3, 0.4) is 0 Å². The number of anilines is 2. The summed E-state index contributed by atoms with van der Waals surface area (Å²) < 4.78 is 3.34. The second-order valence-corrected chi connectivity index (χ2v) is 7.91. The largest absolute Gasteiger partial charge is 0.393 e. The molecule has 3 heterocycles. The summed E-state index contributed by atoms with van der Waals surface area (Å²) >= 11 is 0. The number of hydrogen-bond acceptors (Lipinski definition) is 7. The van der Waals surface area contributed by atoms with E-state index >= 15 is 0 Å². The van der Waals surface area contributed by atoms with Crippen molar-refractivity contribution >= 4 is 33.8 Å². The van der Waals surface area contributed by atoms with Crippen molar-refractivity contribution in [3.05, 3.63) is 46.8 Å². The predicted molar refractivity (Wildman–Crippen MR) is 114 cm³/mol. The summed E-state index contributed by atoms with van der Waals surface area (Å²) in [4.78, 5) is 30.7. The molecule has 30 heavy (non-hydrogen) atoms. The average Bonchev–Trinajstić information content (AvgIpc) is 2.99. The quantitative estimate of drug-likeness (QED) is 0.539. The van der Waals surface area contributed by atoms with E-state index in [1.54, 1.807) is 34.8 Å². The molecule has 0 radical (unpaired) electrons. The lowest BCUT2D eigenvalue weighted by molar-refractivity contribution is 0.110. The molecule has 0 amide bonds. The van der Waals surface area contributed by atoms with Crippen LogP contribution in [0.15, 0.2) is 35.5 Å². The number of nitrogens with zero attached hydrogens (tertiary/aromatic N) is 6. The van der Waals surface area contributed by atoms with Crippen LogP contribution in [-0.2, 0) is 7.05 Å². The molecule has 2 N–H and O–H groups in total. The number of aryl methyl sites for hydroxylation is 2. The monoisotopic (exact) mass is 405 g/mol. The second kappa shape index (κ2) is 7.17. The Morgan fingerprint density at radius 1 is 1.07 bits per heavy atom. The van der Waals surface area contributed by atoms with Gasteiger partial charge in [-0.2, -0.15) is 4.98 Å². The number of hydrogen-bond donors (Lipinski definition) is 2. The highest BCUT2D eigenvalue weighted by Crippen LogP contribution is 2.30. The Morgan fingerprint density at radius 3 is 2.50 bits per heavy atom. The van der Waals surface area contributed by atoms with Gasteiger partial charge in [-0.05, 0) is 50.3 Å². The van der Waals surface area contributed by atoms with Crippen LogP contribution in [0, 0.1) is 6.92 Å². The number of nitrogens with one attached hydrogen (secondary N) is 1. The van der Waals surface area contributed by atoms with Gasteiger partial charge in [0, 0.05) is 31.2 Å². The fourth-order valence-corrected chi connectivity index (χ4v) is 4.21. The van der Waals surface area contributed by atoms with Gasteiger partial charge in [0.25, 0.3) is 0 Å². The predicted octanol–water partition coefficient (Wildman–Crippen LogP) is 2.60. The highest BCUT2D eigenvalue weighted by Gasteiger charge is 2.26. The maximum absolute atomic E-state index is 12.9. The molecule has 9 heteroatoms. The van der Waals surface area contributed by atoms with E-state index in [2.05, 4.69) is 25.3 Å². The first-order valence-electron chi connectivity index (χ1n) is 10.1. The van der Waals surface area contributed by atoms with Crippen molar-refractivity contribution in [2.75, 3.05) is 5.32 Å². The van der Waals surface area contributed by atoms with Gasteiger partial charge in [0.2, 0.25) is 5.95 Å². The lowest BCUT2D eigenvalue weighted by Crippen LogP contribution is -2.30. The molecule has 1 saturated carbocycles. The molecule has 0 bridgehead atoms. The summed E-state index contributed by atoms with van der Waals surface area (Å²) in [6, 6.07) is 3.92. The third kappa shape index (κ3) is 3.11. The minimum Gasteiger partial charge on any atom is -0.393 e. The first-order chi connectivity index (χ1) is 14.5. The van der Waals surface area contributed by atoms with Crippen LogP contribution < -0.4 is 11.0 Å². The standard InChI is InChI=1S/C21H23N7O2/c1-12-9-16-17(23-8-7-22-16)10-15(12)25-20-24-11-18-19(26-20)28(21(30)27(18)2)13-3-5-14(29)6-4-13/h7-11,13-14,29H,3-6H2,1-2H3,(H,24,25,26)/t13-,14+. The van der Waals surface area contributed by atoms with Gasteiger partial charge in [-0.25, -0.2) is 9.78 Å². The van der Waals surface area contributed by atoms with Gasteiger partial charge in [-0.15, -0.1) is 0 Å². The van der Waals surface area contributed by atoms with E-state index in [1.165, 1.54) is 0 Å². The smallest absolute Gasteiger partial charge is 0.330 e. The molecule has 0 unspecified atom stereocenters. The van der Waals surface area contributed by atoms with Gasteiger partial charge in [-0.1, -0.05) is 0 Å². The van der Waals surface area contributed by atoms with Crippen LogP contribution >= 0.6 is 0 Å². The maximum atomic E-state index is 12.9. The molecule has 0 atom stereocenters. The lowest BCUT2D eigenvalue weighted by atomic mass is 9.93. The van der Waals surface area contributed by atoms with E-state index < -0.39 is 0 Å². The number of aliphatic hydroxyl groups is 1. The molecule has 3 aromatic heterocycles. The number of aromatic nitrogens is 6. The lowest BCUT2D eigenvalue weighted by Gasteiger charge is -2.26. The molecule has 4 aromatic rings. The average molecular weight is 405 g/mol. The van der Waals surface area contributed by atoms with Crippen molar-refractivity contribution in [2.24, 2.45) is 7.05 Å². The van der Waals surface area contributed by atoms with E-state index in [1.807, 2.05) is 19.1 Å². The Labute approximate surface area is 172 Å². The zero-order chi connectivity index (χ0) is 20.8. The van der Waals surface area contributed by atoms with Crippen molar-refractivity contribution in [3.63, 3.8) is 0 Å². The normalized spacial score (nSPS) is 19.4. The maximum Gasteiger partial charge on any atom is 0.330 e. The van der Waals surface area contributed by atoms with Gasteiger partial charge in [0.15, 0.2) is 5.65 Å². The summed E-state index contributed by atoms with van der Waals surface area (Å²) in [5.74, 6) is 0.420. The van der Waals surface area contributed by atoms with E-state index in [-0.39, 0.29) is 17.8 Å². The Kier molecular flexibility index (Phi) is 4.47. The molecular formula is C21H23N7O2. The zero-order valence-electron chi connectivity index (χ0n) is 16.9. The molecular weight excluding hydrogens is 382 g/mol. The fourth-order valence-electron chi connectivity index (χ4n) is 4.21. The van der Waals surface area contributed by atoms with Crippen LogP contribution in [0.25, 0.3) is 22.2 Å². The summed E-state index contributed by atoms with van der Waals surface area (Å²) in [5.41, 5.74) is 4.65. The highest BCUT2D eigenvalue weighted by molar-refractivity contribution is 5.82.